The van der Waals surface area contributed by atoms with E-state index in [1.54, 1.807) is 0 Å². The van der Waals surface area contributed by atoms with Crippen molar-refractivity contribution in [3.05, 3.63) is 29.8 Å². The minimum Gasteiger partial charge on any atom is -0.491 e. The van der Waals surface area contributed by atoms with Gasteiger partial charge >= 0.3 is 0 Å². The van der Waals surface area contributed by atoms with Crippen molar-refractivity contribution in [2.45, 2.75) is 38.2 Å². The third-order valence-corrected chi connectivity index (χ3v) is 3.28. The predicted octanol–water partition coefficient (Wildman–Crippen LogP) is 2.56. The molecule has 1 heterocycles. The molecular weight excluding hydrogens is 228 g/mol. The summed E-state index contributed by atoms with van der Waals surface area (Å²) in [7, 11) is 0. The number of hydrogen-bond donors (Lipinski definition) is 1. The molecule has 3 heteroatoms. The molecule has 0 aliphatic carbocycles. The number of para-hydroxylation sites is 1. The van der Waals surface area contributed by atoms with Crippen molar-refractivity contribution in [1.82, 2.24) is 0 Å². The van der Waals surface area contributed by atoms with Crippen LogP contribution < -0.4 is 4.74 Å². The van der Waals surface area contributed by atoms with Crippen molar-refractivity contribution in [3.8, 4) is 5.75 Å². The summed E-state index contributed by atoms with van der Waals surface area (Å²) in [5, 5.41) is 8.89. The Bertz CT molecular complexity index is 345. The molecule has 1 N–H and O–H groups in total. The largest absolute Gasteiger partial charge is 0.491 e. The van der Waals surface area contributed by atoms with Crippen LogP contribution >= 0.6 is 0 Å². The van der Waals surface area contributed by atoms with Crippen LogP contribution in [0, 0.1) is 0 Å². The minimum absolute atomic E-state index is 0.222. The van der Waals surface area contributed by atoms with Gasteiger partial charge < -0.3 is 14.6 Å². The molecular formula is C15H22O3. The van der Waals surface area contributed by atoms with E-state index in [-0.39, 0.29) is 12.7 Å². The van der Waals surface area contributed by atoms with Gasteiger partial charge in [-0.3, -0.25) is 0 Å². The lowest BCUT2D eigenvalue weighted by Crippen LogP contribution is -2.26. The number of ether oxygens (including phenoxy) is 2. The van der Waals surface area contributed by atoms with E-state index in [0.717, 1.165) is 31.6 Å². The lowest BCUT2D eigenvalue weighted by atomic mass is 10.1. The van der Waals surface area contributed by atoms with Gasteiger partial charge in [-0.15, -0.1) is 0 Å². The Morgan fingerprint density at radius 1 is 1.28 bits per heavy atom. The van der Waals surface area contributed by atoms with Gasteiger partial charge in [0.15, 0.2) is 0 Å². The minimum atomic E-state index is 0.222. The van der Waals surface area contributed by atoms with E-state index in [4.69, 9.17) is 14.6 Å². The maximum atomic E-state index is 8.89. The van der Waals surface area contributed by atoms with Crippen LogP contribution in [0.5, 0.6) is 5.75 Å². The van der Waals surface area contributed by atoms with E-state index >= 15 is 0 Å². The second-order valence-electron chi connectivity index (χ2n) is 4.73. The molecule has 1 saturated heterocycles. The van der Waals surface area contributed by atoms with Crippen molar-refractivity contribution in [1.29, 1.82) is 0 Å². The highest BCUT2D eigenvalue weighted by atomic mass is 16.5. The highest BCUT2D eigenvalue weighted by molar-refractivity contribution is 5.33. The van der Waals surface area contributed by atoms with Gasteiger partial charge in [0.25, 0.3) is 0 Å². The zero-order valence-electron chi connectivity index (χ0n) is 10.8. The van der Waals surface area contributed by atoms with E-state index < -0.39 is 0 Å². The summed E-state index contributed by atoms with van der Waals surface area (Å²) in [5.41, 5.74) is 1.17. The Morgan fingerprint density at radius 3 is 2.94 bits per heavy atom. The molecule has 0 radical (unpaired) electrons. The first-order chi connectivity index (χ1) is 8.90. The lowest BCUT2D eigenvalue weighted by molar-refractivity contribution is -0.0112. The zero-order chi connectivity index (χ0) is 12.6. The van der Waals surface area contributed by atoms with Gasteiger partial charge in [-0.2, -0.15) is 0 Å². The number of aliphatic hydroxyl groups is 1. The first-order valence-electron chi connectivity index (χ1n) is 6.83. The average Bonchev–Trinajstić information content (AvgIpc) is 2.45. The second kappa shape index (κ2) is 7.39. The van der Waals surface area contributed by atoms with E-state index in [9.17, 15) is 0 Å². The van der Waals surface area contributed by atoms with Gasteiger partial charge in [-0.25, -0.2) is 0 Å². The number of benzene rings is 1. The number of hydrogen-bond acceptors (Lipinski definition) is 3. The Morgan fingerprint density at radius 2 is 2.17 bits per heavy atom. The maximum Gasteiger partial charge on any atom is 0.122 e. The van der Waals surface area contributed by atoms with Crippen molar-refractivity contribution in [2.75, 3.05) is 19.8 Å². The molecule has 0 aromatic heterocycles. The fraction of sp³-hybridized carbons (Fsp3) is 0.600. The summed E-state index contributed by atoms with van der Waals surface area (Å²) in [4.78, 5) is 0. The second-order valence-corrected chi connectivity index (χ2v) is 4.73. The molecule has 1 aromatic carbocycles. The molecule has 0 amide bonds. The van der Waals surface area contributed by atoms with Crippen LogP contribution in [0.3, 0.4) is 0 Å². The molecule has 18 heavy (non-hydrogen) atoms. The molecule has 1 unspecified atom stereocenters. The fourth-order valence-electron chi connectivity index (χ4n) is 2.24. The van der Waals surface area contributed by atoms with Crippen molar-refractivity contribution in [2.24, 2.45) is 0 Å². The quantitative estimate of drug-likeness (QED) is 0.843. The van der Waals surface area contributed by atoms with Gasteiger partial charge in [0, 0.05) is 13.2 Å². The average molecular weight is 250 g/mol. The topological polar surface area (TPSA) is 38.7 Å². The molecule has 1 fully saturated rings. The highest BCUT2D eigenvalue weighted by Crippen LogP contribution is 2.21. The van der Waals surface area contributed by atoms with Crippen LogP contribution in [-0.2, 0) is 11.2 Å². The standard InChI is InChI=1S/C15H22O3/c16-10-5-7-13-6-1-2-9-15(13)18-12-14-8-3-4-11-17-14/h1-2,6,9,14,16H,3-5,7-8,10-12H2. The normalized spacial score (nSPS) is 19.7. The van der Waals surface area contributed by atoms with E-state index in [1.807, 2.05) is 18.2 Å². The van der Waals surface area contributed by atoms with E-state index in [1.165, 1.54) is 18.4 Å². The third-order valence-electron chi connectivity index (χ3n) is 3.28. The SMILES string of the molecule is OCCCc1ccccc1OCC1CCCCO1. The first kappa shape index (κ1) is 13.4. The Hall–Kier alpha value is -1.06. The third kappa shape index (κ3) is 4.00. The van der Waals surface area contributed by atoms with Gasteiger partial charge in [0.05, 0.1) is 6.10 Å². The summed E-state index contributed by atoms with van der Waals surface area (Å²) in [6.45, 7) is 1.72. The summed E-state index contributed by atoms with van der Waals surface area (Å²) < 4.78 is 11.5. The molecule has 3 nitrogen and oxygen atoms in total. The van der Waals surface area contributed by atoms with Crippen LogP contribution in [0.4, 0.5) is 0 Å². The van der Waals surface area contributed by atoms with E-state index in [0.29, 0.717) is 6.61 Å². The van der Waals surface area contributed by atoms with Crippen LogP contribution in [0.1, 0.15) is 31.2 Å². The van der Waals surface area contributed by atoms with Crippen molar-refractivity contribution < 1.29 is 14.6 Å². The molecule has 0 saturated carbocycles. The summed E-state index contributed by atoms with van der Waals surface area (Å²) in [6.07, 6.45) is 5.38. The zero-order valence-corrected chi connectivity index (χ0v) is 10.8. The van der Waals surface area contributed by atoms with Crippen LogP contribution in [-0.4, -0.2) is 31.0 Å². The van der Waals surface area contributed by atoms with Crippen LogP contribution in [0.15, 0.2) is 24.3 Å². The van der Waals surface area contributed by atoms with Crippen molar-refractivity contribution in [3.63, 3.8) is 0 Å². The molecule has 1 atom stereocenters. The number of rotatable bonds is 6. The fourth-order valence-corrected chi connectivity index (χ4v) is 2.24. The van der Waals surface area contributed by atoms with Crippen molar-refractivity contribution >= 4 is 0 Å². The Balaban J connectivity index is 1.87. The molecule has 1 aliphatic rings. The monoisotopic (exact) mass is 250 g/mol. The molecule has 0 bridgehead atoms. The predicted molar refractivity (Wildman–Crippen MR) is 70.9 cm³/mol. The summed E-state index contributed by atoms with van der Waals surface area (Å²) >= 11 is 0. The number of aliphatic hydroxyl groups excluding tert-OH is 1. The summed E-state index contributed by atoms with van der Waals surface area (Å²) in [6, 6.07) is 8.05. The number of aryl methyl sites for hydroxylation is 1. The molecule has 2 rings (SSSR count). The van der Waals surface area contributed by atoms with Gasteiger partial charge in [-0.1, -0.05) is 18.2 Å². The summed E-state index contributed by atoms with van der Waals surface area (Å²) in [5.74, 6) is 0.931. The maximum absolute atomic E-state index is 8.89. The molecule has 0 spiro atoms. The first-order valence-corrected chi connectivity index (χ1v) is 6.83. The van der Waals surface area contributed by atoms with Gasteiger partial charge in [-0.05, 0) is 43.7 Å². The van der Waals surface area contributed by atoms with Crippen LogP contribution in [0.25, 0.3) is 0 Å². The highest BCUT2D eigenvalue weighted by Gasteiger charge is 2.15. The Labute approximate surface area is 109 Å². The lowest BCUT2D eigenvalue weighted by Gasteiger charge is -2.23. The molecule has 1 aromatic rings. The van der Waals surface area contributed by atoms with E-state index in [2.05, 4.69) is 6.07 Å². The Kier molecular flexibility index (Phi) is 5.49. The van der Waals surface area contributed by atoms with Crippen LogP contribution in [0.2, 0.25) is 0 Å². The molecule has 100 valence electrons. The smallest absolute Gasteiger partial charge is 0.122 e. The van der Waals surface area contributed by atoms with Gasteiger partial charge in [0.1, 0.15) is 12.4 Å². The van der Waals surface area contributed by atoms with Gasteiger partial charge in [0.2, 0.25) is 0 Å². The molecule has 1 aliphatic heterocycles.